The molecule has 2 heterocycles. The van der Waals surface area contributed by atoms with Crippen molar-refractivity contribution < 1.29 is 9.90 Å². The van der Waals surface area contributed by atoms with Crippen LogP contribution >= 0.6 is 34.5 Å². The predicted octanol–water partition coefficient (Wildman–Crippen LogP) is 3.14. The second kappa shape index (κ2) is 5.00. The molecule has 17 heavy (non-hydrogen) atoms. The number of hydrogen-bond donors (Lipinski definition) is 1. The van der Waals surface area contributed by atoms with Crippen molar-refractivity contribution >= 4 is 40.5 Å². The van der Waals surface area contributed by atoms with Crippen LogP contribution in [0.3, 0.4) is 0 Å². The van der Waals surface area contributed by atoms with Gasteiger partial charge >= 0.3 is 5.97 Å². The van der Waals surface area contributed by atoms with Crippen molar-refractivity contribution in [3.63, 3.8) is 0 Å². The SMILES string of the molecule is O=C(O)Cc1csc(-c2ncc(Cl)cc2Cl)n1. The first-order valence-electron chi connectivity index (χ1n) is 4.54. The number of nitrogens with zero attached hydrogens (tertiary/aromatic N) is 2. The van der Waals surface area contributed by atoms with Crippen LogP contribution in [0.2, 0.25) is 10.0 Å². The zero-order chi connectivity index (χ0) is 12.4. The van der Waals surface area contributed by atoms with Crippen molar-refractivity contribution in [2.75, 3.05) is 0 Å². The highest BCUT2D eigenvalue weighted by molar-refractivity contribution is 7.13. The van der Waals surface area contributed by atoms with Crippen LogP contribution in [-0.2, 0) is 11.2 Å². The van der Waals surface area contributed by atoms with E-state index in [1.165, 1.54) is 17.5 Å². The second-order valence-corrected chi connectivity index (χ2v) is 4.90. The lowest BCUT2D eigenvalue weighted by molar-refractivity contribution is -0.136. The van der Waals surface area contributed by atoms with Crippen LogP contribution in [0.1, 0.15) is 5.69 Å². The summed E-state index contributed by atoms with van der Waals surface area (Å²) < 4.78 is 0. The average molecular weight is 289 g/mol. The van der Waals surface area contributed by atoms with Crippen molar-refractivity contribution in [1.82, 2.24) is 9.97 Å². The van der Waals surface area contributed by atoms with Crippen LogP contribution in [-0.4, -0.2) is 21.0 Å². The van der Waals surface area contributed by atoms with Gasteiger partial charge in [0.25, 0.3) is 0 Å². The minimum Gasteiger partial charge on any atom is -0.481 e. The minimum absolute atomic E-state index is 0.109. The third-order valence-corrected chi connectivity index (χ3v) is 3.29. The van der Waals surface area contributed by atoms with Gasteiger partial charge < -0.3 is 5.11 Å². The number of rotatable bonds is 3. The van der Waals surface area contributed by atoms with Crippen molar-refractivity contribution in [3.8, 4) is 10.7 Å². The summed E-state index contributed by atoms with van der Waals surface area (Å²) in [6.07, 6.45) is 1.36. The van der Waals surface area contributed by atoms with Gasteiger partial charge in [0.05, 0.1) is 22.2 Å². The normalized spacial score (nSPS) is 10.5. The molecule has 0 aliphatic heterocycles. The van der Waals surface area contributed by atoms with Crippen LogP contribution in [0.5, 0.6) is 0 Å². The summed E-state index contributed by atoms with van der Waals surface area (Å²) in [6.45, 7) is 0. The molecular formula is C10H6Cl2N2O2S. The molecule has 0 saturated carbocycles. The molecule has 0 spiro atoms. The Morgan fingerprint density at radius 1 is 1.47 bits per heavy atom. The highest BCUT2D eigenvalue weighted by atomic mass is 35.5. The van der Waals surface area contributed by atoms with E-state index in [1.807, 2.05) is 0 Å². The number of carboxylic acid groups (broad SMARTS) is 1. The van der Waals surface area contributed by atoms with E-state index in [0.29, 0.717) is 26.4 Å². The number of halogens is 2. The van der Waals surface area contributed by atoms with Gasteiger partial charge in [-0.15, -0.1) is 11.3 Å². The summed E-state index contributed by atoms with van der Waals surface area (Å²) >= 11 is 13.0. The minimum atomic E-state index is -0.919. The summed E-state index contributed by atoms with van der Waals surface area (Å²) in [5.74, 6) is -0.919. The largest absolute Gasteiger partial charge is 0.481 e. The molecule has 7 heteroatoms. The van der Waals surface area contributed by atoms with Crippen molar-refractivity contribution in [1.29, 1.82) is 0 Å². The molecule has 2 rings (SSSR count). The van der Waals surface area contributed by atoms with Gasteiger partial charge in [0.15, 0.2) is 0 Å². The fourth-order valence-electron chi connectivity index (χ4n) is 1.22. The molecule has 0 aromatic carbocycles. The monoisotopic (exact) mass is 288 g/mol. The first kappa shape index (κ1) is 12.3. The van der Waals surface area contributed by atoms with Gasteiger partial charge in [0.1, 0.15) is 10.7 Å². The number of carboxylic acids is 1. The molecule has 0 unspecified atom stereocenters. The molecule has 4 nitrogen and oxygen atoms in total. The molecule has 0 radical (unpaired) electrons. The van der Waals surface area contributed by atoms with Gasteiger partial charge in [-0.3, -0.25) is 9.78 Å². The number of pyridine rings is 1. The van der Waals surface area contributed by atoms with E-state index in [1.54, 1.807) is 11.4 Å². The molecule has 88 valence electrons. The maximum Gasteiger partial charge on any atom is 0.309 e. The Balaban J connectivity index is 2.33. The highest BCUT2D eigenvalue weighted by Crippen LogP contribution is 2.30. The topological polar surface area (TPSA) is 63.1 Å². The number of aliphatic carboxylic acids is 1. The molecule has 0 aliphatic carbocycles. The lowest BCUT2D eigenvalue weighted by atomic mass is 10.3. The molecule has 0 atom stereocenters. The van der Waals surface area contributed by atoms with Gasteiger partial charge in [-0.25, -0.2) is 4.98 Å². The molecular weight excluding hydrogens is 283 g/mol. The molecule has 0 amide bonds. The molecule has 0 bridgehead atoms. The van der Waals surface area contributed by atoms with Gasteiger partial charge in [-0.1, -0.05) is 23.2 Å². The molecule has 0 saturated heterocycles. The fraction of sp³-hybridized carbons (Fsp3) is 0.100. The Hall–Kier alpha value is -1.17. The standard InChI is InChI=1S/C10H6Cl2N2O2S/c11-5-1-7(12)9(13-3-5)10-14-6(4-17-10)2-8(15)16/h1,3-4H,2H2,(H,15,16). The first-order chi connectivity index (χ1) is 8.06. The van der Waals surface area contributed by atoms with E-state index in [0.717, 1.165) is 0 Å². The lowest BCUT2D eigenvalue weighted by Crippen LogP contribution is -2.00. The Morgan fingerprint density at radius 2 is 2.24 bits per heavy atom. The van der Waals surface area contributed by atoms with E-state index in [2.05, 4.69) is 9.97 Å². The summed E-state index contributed by atoms with van der Waals surface area (Å²) in [7, 11) is 0. The van der Waals surface area contributed by atoms with E-state index >= 15 is 0 Å². The van der Waals surface area contributed by atoms with Crippen LogP contribution in [0, 0.1) is 0 Å². The number of hydrogen-bond acceptors (Lipinski definition) is 4. The van der Waals surface area contributed by atoms with Crippen LogP contribution in [0.15, 0.2) is 17.6 Å². The average Bonchev–Trinajstić information content (AvgIpc) is 2.65. The van der Waals surface area contributed by atoms with E-state index in [-0.39, 0.29) is 6.42 Å². The summed E-state index contributed by atoms with van der Waals surface area (Å²) in [4.78, 5) is 18.8. The van der Waals surface area contributed by atoms with E-state index < -0.39 is 5.97 Å². The van der Waals surface area contributed by atoms with Gasteiger partial charge in [-0.05, 0) is 6.07 Å². The Kier molecular flexibility index (Phi) is 3.61. The Bertz CT molecular complexity index is 571. The zero-order valence-corrected chi connectivity index (χ0v) is 10.7. The zero-order valence-electron chi connectivity index (χ0n) is 8.35. The fourth-order valence-corrected chi connectivity index (χ4v) is 2.58. The van der Waals surface area contributed by atoms with Crippen molar-refractivity contribution in [2.24, 2.45) is 0 Å². The second-order valence-electron chi connectivity index (χ2n) is 3.20. The van der Waals surface area contributed by atoms with E-state index in [4.69, 9.17) is 28.3 Å². The van der Waals surface area contributed by atoms with Gasteiger partial charge in [0, 0.05) is 11.6 Å². The summed E-state index contributed by atoms with van der Waals surface area (Å²) in [6, 6.07) is 1.57. The van der Waals surface area contributed by atoms with Crippen LogP contribution in [0.4, 0.5) is 0 Å². The van der Waals surface area contributed by atoms with Crippen LogP contribution in [0.25, 0.3) is 10.7 Å². The number of thiazole rings is 1. The number of aromatic nitrogens is 2. The van der Waals surface area contributed by atoms with E-state index in [9.17, 15) is 4.79 Å². The molecule has 0 aliphatic rings. The molecule has 2 aromatic rings. The third kappa shape index (κ3) is 2.94. The summed E-state index contributed by atoms with van der Waals surface area (Å²) in [5, 5.41) is 11.7. The van der Waals surface area contributed by atoms with Gasteiger partial charge in [0.2, 0.25) is 0 Å². The third-order valence-electron chi connectivity index (χ3n) is 1.89. The number of carbonyl (C=O) groups is 1. The van der Waals surface area contributed by atoms with Crippen LogP contribution < -0.4 is 0 Å². The maximum atomic E-state index is 10.5. The molecule has 1 N–H and O–H groups in total. The first-order valence-corrected chi connectivity index (χ1v) is 6.17. The molecule has 0 fully saturated rings. The van der Waals surface area contributed by atoms with Crippen molar-refractivity contribution in [3.05, 3.63) is 33.4 Å². The maximum absolute atomic E-state index is 10.5. The van der Waals surface area contributed by atoms with Crippen molar-refractivity contribution in [2.45, 2.75) is 6.42 Å². The predicted molar refractivity (Wildman–Crippen MR) is 66.7 cm³/mol. The quantitative estimate of drug-likeness (QED) is 0.942. The van der Waals surface area contributed by atoms with Gasteiger partial charge in [-0.2, -0.15) is 0 Å². The Labute approximate surface area is 111 Å². The lowest BCUT2D eigenvalue weighted by Gasteiger charge is -1.99. The summed E-state index contributed by atoms with van der Waals surface area (Å²) in [5.41, 5.74) is 1.00. The Morgan fingerprint density at radius 3 is 2.88 bits per heavy atom. The highest BCUT2D eigenvalue weighted by Gasteiger charge is 2.12. The smallest absolute Gasteiger partial charge is 0.309 e. The molecule has 2 aromatic heterocycles.